The van der Waals surface area contributed by atoms with Gasteiger partial charge in [-0.15, -0.1) is 0 Å². The maximum atomic E-state index is 12.5. The van der Waals surface area contributed by atoms with E-state index in [1.165, 1.54) is 0 Å². The molecule has 1 unspecified atom stereocenters. The van der Waals surface area contributed by atoms with E-state index in [0.717, 1.165) is 11.0 Å². The Morgan fingerprint density at radius 1 is 1.20 bits per heavy atom. The fourth-order valence-electron chi connectivity index (χ4n) is 3.20. The van der Waals surface area contributed by atoms with Crippen molar-refractivity contribution in [2.45, 2.75) is 26.5 Å². The summed E-state index contributed by atoms with van der Waals surface area (Å²) in [5.41, 5.74) is 2.35. The number of nitrogens with one attached hydrogen (secondary N) is 2. The van der Waals surface area contributed by atoms with Crippen LogP contribution in [-0.2, 0) is 23.2 Å². The molecular weight excluding hydrogens is 384 g/mol. The van der Waals surface area contributed by atoms with Crippen LogP contribution < -0.4 is 20.1 Å². The molecule has 3 aromatic rings. The number of aromatic nitrogens is 2. The van der Waals surface area contributed by atoms with Crippen LogP contribution in [0.5, 0.6) is 11.5 Å². The molecule has 30 heavy (non-hydrogen) atoms. The highest BCUT2D eigenvalue weighted by Crippen LogP contribution is 2.30. The van der Waals surface area contributed by atoms with E-state index in [1.54, 1.807) is 12.1 Å². The molecule has 0 aliphatic carbocycles. The second kappa shape index (κ2) is 8.06. The van der Waals surface area contributed by atoms with Crippen LogP contribution in [0.2, 0.25) is 0 Å². The summed E-state index contributed by atoms with van der Waals surface area (Å²) in [5, 5.41) is 5.74. The van der Waals surface area contributed by atoms with Gasteiger partial charge in [-0.3, -0.25) is 9.59 Å². The standard InChI is InChI=1S/C22H24N4O4/c1-13(2)21(27)24-14-8-9-16-15(10-14)25-20(26(16)3)11-23-22(28)19-12-29-17-6-4-5-7-18(17)30-19/h4-10,13,19H,11-12H2,1-3H3,(H,23,28)(H,24,27). The van der Waals surface area contributed by atoms with Crippen LogP contribution in [-0.4, -0.2) is 34.1 Å². The van der Waals surface area contributed by atoms with Crippen LogP contribution in [0.25, 0.3) is 11.0 Å². The number of imidazole rings is 1. The molecular formula is C22H24N4O4. The normalized spacial score (nSPS) is 15.3. The van der Waals surface area contributed by atoms with E-state index < -0.39 is 6.10 Å². The third-order valence-corrected chi connectivity index (χ3v) is 4.99. The number of fused-ring (bicyclic) bond motifs is 2. The zero-order valence-electron chi connectivity index (χ0n) is 17.1. The highest BCUT2D eigenvalue weighted by Gasteiger charge is 2.27. The van der Waals surface area contributed by atoms with Crippen LogP contribution in [0.4, 0.5) is 5.69 Å². The molecule has 2 aromatic carbocycles. The maximum absolute atomic E-state index is 12.5. The Kier molecular flexibility index (Phi) is 5.31. The molecule has 4 rings (SSSR count). The minimum Gasteiger partial charge on any atom is -0.485 e. The van der Waals surface area contributed by atoms with E-state index >= 15 is 0 Å². The van der Waals surface area contributed by atoms with E-state index in [9.17, 15) is 9.59 Å². The number of rotatable bonds is 5. The lowest BCUT2D eigenvalue weighted by Gasteiger charge is -2.25. The van der Waals surface area contributed by atoms with Crippen molar-refractivity contribution >= 4 is 28.5 Å². The van der Waals surface area contributed by atoms with Crippen molar-refractivity contribution in [1.29, 1.82) is 0 Å². The third kappa shape index (κ3) is 3.94. The summed E-state index contributed by atoms with van der Waals surface area (Å²) < 4.78 is 13.3. The van der Waals surface area contributed by atoms with Crippen LogP contribution in [0.3, 0.4) is 0 Å². The van der Waals surface area contributed by atoms with Gasteiger partial charge in [0.1, 0.15) is 12.4 Å². The van der Waals surface area contributed by atoms with Gasteiger partial charge in [0, 0.05) is 18.7 Å². The van der Waals surface area contributed by atoms with Crippen LogP contribution >= 0.6 is 0 Å². The number of para-hydroxylation sites is 2. The summed E-state index contributed by atoms with van der Waals surface area (Å²) in [6.07, 6.45) is -0.715. The van der Waals surface area contributed by atoms with Crippen LogP contribution in [0, 0.1) is 5.92 Å². The molecule has 0 bridgehead atoms. The predicted octanol–water partition coefficient (Wildman–Crippen LogP) is 2.62. The molecule has 1 aliphatic rings. The molecule has 0 fully saturated rings. The van der Waals surface area contributed by atoms with Gasteiger partial charge in [-0.1, -0.05) is 26.0 Å². The van der Waals surface area contributed by atoms with Crippen molar-refractivity contribution in [2.75, 3.05) is 11.9 Å². The minimum absolute atomic E-state index is 0.0472. The number of hydrogen-bond donors (Lipinski definition) is 2. The second-order valence-corrected chi connectivity index (χ2v) is 7.52. The highest BCUT2D eigenvalue weighted by atomic mass is 16.6. The van der Waals surface area contributed by atoms with Gasteiger partial charge in [-0.2, -0.15) is 0 Å². The Morgan fingerprint density at radius 2 is 1.97 bits per heavy atom. The van der Waals surface area contributed by atoms with Gasteiger partial charge in [-0.05, 0) is 30.3 Å². The Labute approximate surface area is 174 Å². The van der Waals surface area contributed by atoms with Gasteiger partial charge >= 0.3 is 0 Å². The molecule has 1 aliphatic heterocycles. The van der Waals surface area contributed by atoms with Crippen molar-refractivity contribution in [1.82, 2.24) is 14.9 Å². The average molecular weight is 408 g/mol. The number of nitrogens with zero attached hydrogens (tertiary/aromatic N) is 2. The van der Waals surface area contributed by atoms with E-state index in [2.05, 4.69) is 15.6 Å². The fraction of sp³-hybridized carbons (Fsp3) is 0.318. The highest BCUT2D eigenvalue weighted by molar-refractivity contribution is 5.94. The zero-order valence-corrected chi connectivity index (χ0v) is 17.1. The lowest BCUT2D eigenvalue weighted by atomic mass is 10.2. The SMILES string of the molecule is CC(C)C(=O)Nc1ccc2c(c1)nc(CNC(=O)C1COc3ccccc3O1)n2C. The summed E-state index contributed by atoms with van der Waals surface area (Å²) >= 11 is 0. The monoisotopic (exact) mass is 408 g/mol. The van der Waals surface area contributed by atoms with Gasteiger partial charge in [0.05, 0.1) is 17.6 Å². The van der Waals surface area contributed by atoms with Crippen LogP contribution in [0.15, 0.2) is 42.5 Å². The fourth-order valence-corrected chi connectivity index (χ4v) is 3.20. The van der Waals surface area contributed by atoms with Crippen molar-refractivity contribution in [3.05, 3.63) is 48.3 Å². The average Bonchev–Trinajstić information content (AvgIpc) is 3.06. The maximum Gasteiger partial charge on any atom is 0.265 e. The summed E-state index contributed by atoms with van der Waals surface area (Å²) in [5.74, 6) is 1.48. The quantitative estimate of drug-likeness (QED) is 0.677. The first-order valence-electron chi connectivity index (χ1n) is 9.85. The Morgan fingerprint density at radius 3 is 2.73 bits per heavy atom. The first-order chi connectivity index (χ1) is 14.4. The zero-order chi connectivity index (χ0) is 21.3. The Balaban J connectivity index is 1.43. The number of anilines is 1. The number of hydrogen-bond acceptors (Lipinski definition) is 5. The molecule has 0 saturated carbocycles. The van der Waals surface area contributed by atoms with Gasteiger partial charge < -0.3 is 24.7 Å². The Hall–Kier alpha value is -3.55. The smallest absolute Gasteiger partial charge is 0.265 e. The summed E-state index contributed by atoms with van der Waals surface area (Å²) in [7, 11) is 1.89. The van der Waals surface area contributed by atoms with Gasteiger partial charge in [0.2, 0.25) is 12.0 Å². The summed E-state index contributed by atoms with van der Waals surface area (Å²) in [6.45, 7) is 4.09. The van der Waals surface area contributed by atoms with Crippen molar-refractivity contribution in [3.8, 4) is 11.5 Å². The molecule has 1 atom stereocenters. The van der Waals surface area contributed by atoms with E-state index in [1.807, 2.05) is 55.8 Å². The molecule has 0 spiro atoms. The molecule has 8 heteroatoms. The number of ether oxygens (including phenoxy) is 2. The summed E-state index contributed by atoms with van der Waals surface area (Å²) in [4.78, 5) is 29.1. The topological polar surface area (TPSA) is 94.5 Å². The lowest BCUT2D eigenvalue weighted by Crippen LogP contribution is -2.43. The molecule has 8 nitrogen and oxygen atoms in total. The van der Waals surface area contributed by atoms with Crippen LogP contribution in [0.1, 0.15) is 19.7 Å². The van der Waals surface area contributed by atoms with Gasteiger partial charge in [-0.25, -0.2) is 4.98 Å². The molecule has 1 aromatic heterocycles. The van der Waals surface area contributed by atoms with E-state index in [4.69, 9.17) is 9.47 Å². The number of carbonyl (C=O) groups is 2. The molecule has 0 saturated heterocycles. The second-order valence-electron chi connectivity index (χ2n) is 7.52. The molecule has 2 N–H and O–H groups in total. The van der Waals surface area contributed by atoms with Gasteiger partial charge in [0.15, 0.2) is 11.5 Å². The molecule has 2 heterocycles. The van der Waals surface area contributed by atoms with Crippen molar-refractivity contribution in [2.24, 2.45) is 13.0 Å². The molecule has 2 amide bonds. The number of amides is 2. The van der Waals surface area contributed by atoms with E-state index in [0.29, 0.717) is 23.0 Å². The number of carbonyl (C=O) groups excluding carboxylic acids is 2. The first-order valence-corrected chi connectivity index (χ1v) is 9.85. The Bertz CT molecular complexity index is 1110. The first kappa shape index (κ1) is 19.8. The van der Waals surface area contributed by atoms with E-state index in [-0.39, 0.29) is 30.9 Å². The van der Waals surface area contributed by atoms with Crippen molar-refractivity contribution in [3.63, 3.8) is 0 Å². The number of aryl methyl sites for hydroxylation is 1. The third-order valence-electron chi connectivity index (χ3n) is 4.99. The largest absolute Gasteiger partial charge is 0.485 e. The lowest BCUT2D eigenvalue weighted by molar-refractivity contribution is -0.130. The number of benzene rings is 2. The summed E-state index contributed by atoms with van der Waals surface area (Å²) in [6, 6.07) is 12.8. The molecule has 156 valence electrons. The predicted molar refractivity (Wildman–Crippen MR) is 112 cm³/mol. The molecule has 0 radical (unpaired) electrons. The minimum atomic E-state index is -0.715. The van der Waals surface area contributed by atoms with Gasteiger partial charge in [0.25, 0.3) is 5.91 Å². The van der Waals surface area contributed by atoms with Crippen molar-refractivity contribution < 1.29 is 19.1 Å².